The van der Waals surface area contributed by atoms with Crippen molar-refractivity contribution in [3.63, 3.8) is 0 Å². The first-order chi connectivity index (χ1) is 18.9. The molecule has 196 valence electrons. The molecule has 0 atom stereocenters. The van der Waals surface area contributed by atoms with Crippen LogP contribution in [0.3, 0.4) is 0 Å². The van der Waals surface area contributed by atoms with E-state index in [4.69, 9.17) is 14.2 Å². The summed E-state index contributed by atoms with van der Waals surface area (Å²) in [5.41, 5.74) is 2.38. The van der Waals surface area contributed by atoms with Crippen LogP contribution in [-0.4, -0.2) is 25.0 Å². The van der Waals surface area contributed by atoms with Crippen molar-refractivity contribution in [2.45, 2.75) is 33.8 Å². The topological polar surface area (TPSA) is 133 Å². The number of allylic oxidation sites excluding steroid dienone is 1. The second kappa shape index (κ2) is 13.6. The number of esters is 1. The summed E-state index contributed by atoms with van der Waals surface area (Å²) in [5.74, 6) is -0.166. The molecule has 0 aliphatic rings. The van der Waals surface area contributed by atoms with Gasteiger partial charge in [0.2, 0.25) is 0 Å². The van der Waals surface area contributed by atoms with Crippen LogP contribution in [0.1, 0.15) is 56.2 Å². The molecule has 0 saturated heterocycles. The molecule has 0 unspecified atom stereocenters. The Morgan fingerprint density at radius 1 is 0.974 bits per heavy atom. The van der Waals surface area contributed by atoms with Crippen molar-refractivity contribution >= 4 is 29.2 Å². The third kappa shape index (κ3) is 6.90. The summed E-state index contributed by atoms with van der Waals surface area (Å²) in [6.07, 6.45) is 1.24. The van der Waals surface area contributed by atoms with Crippen LogP contribution < -0.4 is 9.47 Å². The summed E-state index contributed by atoms with van der Waals surface area (Å²) in [5, 5.41) is 28.6. The van der Waals surface area contributed by atoms with E-state index in [0.717, 1.165) is 16.9 Å². The molecule has 1 aromatic heterocycles. The SMILES string of the molecule is CCOC(=O)c1sc(CC(=O)/C(C#N)=C/c2ccc(OCc3ccccc3C#N)c(OCC)c2)c(C#N)c1C. The van der Waals surface area contributed by atoms with Gasteiger partial charge < -0.3 is 14.2 Å². The van der Waals surface area contributed by atoms with Crippen LogP contribution in [0.5, 0.6) is 11.5 Å². The van der Waals surface area contributed by atoms with Gasteiger partial charge in [0.15, 0.2) is 17.3 Å². The molecule has 3 aromatic rings. The molecule has 0 bridgehead atoms. The number of hydrogen-bond donors (Lipinski definition) is 0. The molecule has 8 nitrogen and oxygen atoms in total. The third-order valence-corrected chi connectivity index (χ3v) is 6.91. The van der Waals surface area contributed by atoms with Crippen molar-refractivity contribution in [1.82, 2.24) is 0 Å². The number of carbonyl (C=O) groups is 2. The van der Waals surface area contributed by atoms with E-state index in [1.807, 2.05) is 25.1 Å². The van der Waals surface area contributed by atoms with Gasteiger partial charge in [0, 0.05) is 16.9 Å². The second-order valence-electron chi connectivity index (χ2n) is 8.15. The summed E-state index contributed by atoms with van der Waals surface area (Å²) in [6.45, 7) is 5.85. The average molecular weight is 540 g/mol. The number of thiophene rings is 1. The fraction of sp³-hybridized carbons (Fsp3) is 0.233. The zero-order valence-electron chi connectivity index (χ0n) is 21.7. The average Bonchev–Trinajstić information content (AvgIpc) is 3.26. The number of ether oxygens (including phenoxy) is 3. The van der Waals surface area contributed by atoms with E-state index >= 15 is 0 Å². The van der Waals surface area contributed by atoms with Crippen LogP contribution in [0.2, 0.25) is 0 Å². The molecule has 39 heavy (non-hydrogen) atoms. The van der Waals surface area contributed by atoms with Gasteiger partial charge in [0.1, 0.15) is 23.6 Å². The molecule has 0 saturated carbocycles. The van der Waals surface area contributed by atoms with Gasteiger partial charge in [0.05, 0.1) is 36.0 Å². The highest BCUT2D eigenvalue weighted by Gasteiger charge is 2.23. The molecule has 2 aromatic carbocycles. The lowest BCUT2D eigenvalue weighted by Crippen LogP contribution is -2.05. The number of nitrogens with zero attached hydrogens (tertiary/aromatic N) is 3. The van der Waals surface area contributed by atoms with E-state index in [2.05, 4.69) is 12.1 Å². The van der Waals surface area contributed by atoms with E-state index in [0.29, 0.717) is 39.7 Å². The van der Waals surface area contributed by atoms with Crippen molar-refractivity contribution in [2.24, 2.45) is 0 Å². The maximum Gasteiger partial charge on any atom is 0.348 e. The highest BCUT2D eigenvalue weighted by atomic mass is 32.1. The fourth-order valence-electron chi connectivity index (χ4n) is 3.73. The summed E-state index contributed by atoms with van der Waals surface area (Å²) in [6, 6.07) is 18.3. The Labute approximate surface area is 230 Å². The lowest BCUT2D eigenvalue weighted by Gasteiger charge is -2.13. The summed E-state index contributed by atoms with van der Waals surface area (Å²) >= 11 is 1.03. The maximum atomic E-state index is 13.0. The summed E-state index contributed by atoms with van der Waals surface area (Å²) in [7, 11) is 0. The molecule has 0 radical (unpaired) electrons. The zero-order chi connectivity index (χ0) is 28.4. The van der Waals surface area contributed by atoms with Gasteiger partial charge in [0.25, 0.3) is 0 Å². The minimum absolute atomic E-state index is 0.110. The predicted octanol–water partition coefficient (Wildman–Crippen LogP) is 5.67. The predicted molar refractivity (Wildman–Crippen MR) is 145 cm³/mol. The van der Waals surface area contributed by atoms with Crippen LogP contribution in [0, 0.1) is 40.9 Å². The summed E-state index contributed by atoms with van der Waals surface area (Å²) < 4.78 is 16.7. The highest BCUT2D eigenvalue weighted by molar-refractivity contribution is 7.14. The van der Waals surface area contributed by atoms with E-state index in [1.54, 1.807) is 44.2 Å². The molecule has 3 rings (SSSR count). The monoisotopic (exact) mass is 539 g/mol. The van der Waals surface area contributed by atoms with E-state index in [1.165, 1.54) is 6.08 Å². The molecular formula is C30H25N3O5S. The lowest BCUT2D eigenvalue weighted by molar-refractivity contribution is -0.114. The second-order valence-corrected chi connectivity index (χ2v) is 9.26. The highest BCUT2D eigenvalue weighted by Crippen LogP contribution is 2.32. The van der Waals surface area contributed by atoms with Crippen molar-refractivity contribution in [1.29, 1.82) is 15.8 Å². The molecule has 0 fully saturated rings. The fourth-order valence-corrected chi connectivity index (χ4v) is 4.88. The number of ketones is 1. The van der Waals surface area contributed by atoms with Gasteiger partial charge in [-0.05, 0) is 56.2 Å². The van der Waals surface area contributed by atoms with Crippen molar-refractivity contribution < 1.29 is 23.8 Å². The molecular weight excluding hydrogens is 514 g/mol. The minimum atomic E-state index is -0.548. The van der Waals surface area contributed by atoms with Gasteiger partial charge >= 0.3 is 5.97 Å². The Balaban J connectivity index is 1.85. The first-order valence-electron chi connectivity index (χ1n) is 12.1. The minimum Gasteiger partial charge on any atom is -0.490 e. The van der Waals surface area contributed by atoms with Crippen LogP contribution in [0.4, 0.5) is 0 Å². The van der Waals surface area contributed by atoms with E-state index < -0.39 is 11.8 Å². The van der Waals surface area contributed by atoms with Crippen molar-refractivity contribution in [3.05, 3.63) is 85.6 Å². The van der Waals surface area contributed by atoms with Crippen molar-refractivity contribution in [2.75, 3.05) is 13.2 Å². The first-order valence-corrected chi connectivity index (χ1v) is 12.9. The van der Waals surface area contributed by atoms with Crippen LogP contribution >= 0.6 is 11.3 Å². The quantitative estimate of drug-likeness (QED) is 0.173. The van der Waals surface area contributed by atoms with E-state index in [9.17, 15) is 25.4 Å². The first kappa shape index (κ1) is 28.7. The standard InChI is InChI=1S/C30H25N3O5S/c1-4-36-27-13-20(10-11-26(27)38-18-22-9-7-6-8-21(22)15-31)12-23(16-32)25(34)14-28-24(17-33)19(3)29(39-28)30(35)37-5-2/h6-13H,4-5,14,18H2,1-3H3/b23-12+. The number of benzene rings is 2. The van der Waals surface area contributed by atoms with Gasteiger partial charge in [-0.25, -0.2) is 4.79 Å². The largest absolute Gasteiger partial charge is 0.490 e. The van der Waals surface area contributed by atoms with Crippen molar-refractivity contribution in [3.8, 4) is 29.7 Å². The van der Waals surface area contributed by atoms with Gasteiger partial charge in [-0.15, -0.1) is 11.3 Å². The van der Waals surface area contributed by atoms with Gasteiger partial charge in [-0.3, -0.25) is 4.79 Å². The Morgan fingerprint density at radius 3 is 2.41 bits per heavy atom. The Morgan fingerprint density at radius 2 is 1.74 bits per heavy atom. The number of carbonyl (C=O) groups excluding carboxylic acids is 2. The zero-order valence-corrected chi connectivity index (χ0v) is 22.6. The Hall–Kier alpha value is -4.91. The maximum absolute atomic E-state index is 13.0. The Kier molecular flexibility index (Phi) is 9.98. The number of hydrogen-bond acceptors (Lipinski definition) is 9. The van der Waals surface area contributed by atoms with Crippen LogP contribution in [0.25, 0.3) is 6.08 Å². The molecule has 0 spiro atoms. The molecule has 0 aliphatic carbocycles. The molecule has 0 aliphatic heterocycles. The van der Waals surface area contributed by atoms with Gasteiger partial charge in [-0.1, -0.05) is 24.3 Å². The van der Waals surface area contributed by atoms with Crippen LogP contribution in [0.15, 0.2) is 48.0 Å². The molecule has 0 N–H and O–H groups in total. The number of nitriles is 3. The van der Waals surface area contributed by atoms with E-state index in [-0.39, 0.29) is 35.6 Å². The van der Waals surface area contributed by atoms with Gasteiger partial charge in [-0.2, -0.15) is 15.8 Å². The van der Waals surface area contributed by atoms with Crippen LogP contribution in [-0.2, 0) is 22.6 Å². The molecule has 1 heterocycles. The lowest BCUT2D eigenvalue weighted by atomic mass is 10.0. The normalized spacial score (nSPS) is 10.6. The third-order valence-electron chi connectivity index (χ3n) is 5.63. The molecule has 9 heteroatoms. The molecule has 0 amide bonds. The Bertz CT molecular complexity index is 1550. The smallest absolute Gasteiger partial charge is 0.348 e. The summed E-state index contributed by atoms with van der Waals surface area (Å²) in [4.78, 5) is 25.9. The number of Topliss-reactive ketones (excluding diaryl/α,β-unsaturated/α-hetero) is 1. The number of rotatable bonds is 11.